The number of para-hydroxylation sites is 2. The highest BCUT2D eigenvalue weighted by Gasteiger charge is 2.63. The van der Waals surface area contributed by atoms with Gasteiger partial charge in [0.25, 0.3) is 5.65 Å². The smallest absolute Gasteiger partial charge is 0.296 e. The molecule has 45 heavy (non-hydrogen) atoms. The van der Waals surface area contributed by atoms with E-state index in [4.69, 9.17) is 0 Å². The number of rotatable bonds is 1. The zero-order chi connectivity index (χ0) is 29.0. The van der Waals surface area contributed by atoms with E-state index in [0.717, 1.165) is 6.42 Å². The summed E-state index contributed by atoms with van der Waals surface area (Å²) in [6.45, 7) is 0. The monoisotopic (exact) mass is 576 g/mol. The van der Waals surface area contributed by atoms with Crippen molar-refractivity contribution < 1.29 is 4.57 Å². The minimum Gasteiger partial charge on any atom is -0.308 e. The van der Waals surface area contributed by atoms with Crippen molar-refractivity contribution in [2.75, 3.05) is 0 Å². The lowest BCUT2D eigenvalue weighted by molar-refractivity contribution is -0.734. The van der Waals surface area contributed by atoms with Gasteiger partial charge in [0.15, 0.2) is 5.54 Å². The van der Waals surface area contributed by atoms with E-state index in [2.05, 4.69) is 135 Å². The van der Waals surface area contributed by atoms with E-state index in [1.54, 1.807) is 11.1 Å². The molecule has 212 valence electrons. The highest BCUT2D eigenvalue weighted by Crippen LogP contribution is 2.62. The molecule has 0 N–H and O–H groups in total. The number of nitrogens with zero attached hydrogens (tertiary/aromatic N) is 3. The Balaban J connectivity index is 1.40. The molecule has 4 aliphatic rings. The maximum Gasteiger partial charge on any atom is 0.296 e. The fourth-order valence-corrected chi connectivity index (χ4v) is 10.7. The SMILES string of the molecule is c1ccc(-c2ccc3c4c2CC2CCCC2C42c4c(ccc5c6ccccc6n-3c45)-n3c4ccccc4c4ccc[n+]2c43)cc1. The quantitative estimate of drug-likeness (QED) is 0.173. The molecular weight excluding hydrogens is 546 g/mol. The summed E-state index contributed by atoms with van der Waals surface area (Å²) in [6, 6.07) is 43.7. The van der Waals surface area contributed by atoms with E-state index in [1.807, 2.05) is 0 Å². The topological polar surface area (TPSA) is 13.7 Å². The van der Waals surface area contributed by atoms with Crippen LogP contribution in [0.1, 0.15) is 36.0 Å². The molecule has 5 aromatic carbocycles. The van der Waals surface area contributed by atoms with Crippen LogP contribution in [0.3, 0.4) is 0 Å². The van der Waals surface area contributed by atoms with Gasteiger partial charge in [0.1, 0.15) is 11.2 Å². The molecule has 2 aliphatic heterocycles. The standard InChI is InChI=1S/C42H30N3/c1-2-10-25(11-3-1)27-19-21-36-38-32(27)24-26-12-8-16-33(26)42(38)39-37(22-20-30-28-13-4-6-17-34(28)44(36)40(30)39)45-35-18-7-5-14-29(35)31-15-9-23-43(42)41(31)45/h1-7,9-11,13-15,17-23,26,33H,8,12,16,24H2/q+1. The number of hydrogen-bond acceptors (Lipinski definition) is 0. The summed E-state index contributed by atoms with van der Waals surface area (Å²) >= 11 is 0. The second kappa shape index (κ2) is 7.73. The third-order valence-corrected chi connectivity index (χ3v) is 12.1. The van der Waals surface area contributed by atoms with E-state index < -0.39 is 0 Å². The summed E-state index contributed by atoms with van der Waals surface area (Å²) in [5, 5.41) is 5.40. The molecule has 3 heteroatoms. The first kappa shape index (κ1) is 23.3. The second-order valence-corrected chi connectivity index (χ2v) is 13.8. The van der Waals surface area contributed by atoms with Gasteiger partial charge in [-0.1, -0.05) is 73.2 Å². The Morgan fingerprint density at radius 1 is 0.600 bits per heavy atom. The summed E-state index contributed by atoms with van der Waals surface area (Å²) in [6.07, 6.45) is 7.45. The Bertz CT molecular complexity index is 2620. The van der Waals surface area contributed by atoms with Gasteiger partial charge in [0.2, 0.25) is 0 Å². The van der Waals surface area contributed by atoms with E-state index >= 15 is 0 Å². The molecule has 1 saturated carbocycles. The van der Waals surface area contributed by atoms with Crippen molar-refractivity contribution in [1.82, 2.24) is 9.13 Å². The van der Waals surface area contributed by atoms with Gasteiger partial charge in [-0.25, -0.2) is 4.57 Å². The van der Waals surface area contributed by atoms with Crippen LogP contribution in [0.4, 0.5) is 0 Å². The van der Waals surface area contributed by atoms with E-state index in [1.165, 1.54) is 91.1 Å². The largest absolute Gasteiger partial charge is 0.308 e. The summed E-state index contributed by atoms with van der Waals surface area (Å²) in [4.78, 5) is 0. The molecule has 8 aromatic rings. The predicted octanol–water partition coefficient (Wildman–Crippen LogP) is 9.23. The third kappa shape index (κ3) is 2.45. The molecule has 0 radical (unpaired) electrons. The van der Waals surface area contributed by atoms with Crippen LogP contribution in [0.15, 0.2) is 121 Å². The van der Waals surface area contributed by atoms with Gasteiger partial charge in [-0.05, 0) is 90.4 Å². The van der Waals surface area contributed by atoms with Crippen molar-refractivity contribution in [3.63, 3.8) is 0 Å². The average Bonchev–Trinajstić information content (AvgIpc) is 3.80. The van der Waals surface area contributed by atoms with Crippen LogP contribution < -0.4 is 4.57 Å². The van der Waals surface area contributed by atoms with Gasteiger partial charge in [-0.15, -0.1) is 0 Å². The van der Waals surface area contributed by atoms with Crippen LogP contribution in [0.25, 0.3) is 66.2 Å². The number of pyridine rings is 1. The molecule has 3 unspecified atom stereocenters. The first-order valence-electron chi connectivity index (χ1n) is 16.6. The van der Waals surface area contributed by atoms with Crippen LogP contribution in [0.5, 0.6) is 0 Å². The van der Waals surface area contributed by atoms with Crippen molar-refractivity contribution in [2.45, 2.75) is 31.2 Å². The van der Waals surface area contributed by atoms with E-state index in [0.29, 0.717) is 11.8 Å². The van der Waals surface area contributed by atoms with Crippen molar-refractivity contribution in [1.29, 1.82) is 0 Å². The molecule has 0 amide bonds. The molecule has 0 saturated heterocycles. The Kier molecular flexibility index (Phi) is 4.00. The molecule has 12 rings (SSSR count). The molecule has 0 bridgehead atoms. The second-order valence-electron chi connectivity index (χ2n) is 13.8. The normalized spacial score (nSPS) is 22.0. The van der Waals surface area contributed by atoms with Crippen LogP contribution in [-0.4, -0.2) is 9.13 Å². The Morgan fingerprint density at radius 2 is 1.31 bits per heavy atom. The summed E-state index contributed by atoms with van der Waals surface area (Å²) < 4.78 is 8.00. The number of fused-ring (bicyclic) bond motifs is 9. The molecule has 3 atom stereocenters. The van der Waals surface area contributed by atoms with Crippen LogP contribution in [0, 0.1) is 11.8 Å². The summed E-state index contributed by atoms with van der Waals surface area (Å²) in [5.74, 6) is 1.18. The van der Waals surface area contributed by atoms with Gasteiger partial charge >= 0.3 is 0 Å². The minimum absolute atomic E-state index is 0.280. The van der Waals surface area contributed by atoms with Crippen LogP contribution >= 0.6 is 0 Å². The van der Waals surface area contributed by atoms with Crippen molar-refractivity contribution in [3.05, 3.63) is 138 Å². The van der Waals surface area contributed by atoms with Gasteiger partial charge in [0.05, 0.1) is 33.9 Å². The highest BCUT2D eigenvalue weighted by molar-refractivity contribution is 6.14. The highest BCUT2D eigenvalue weighted by atomic mass is 15.2. The Morgan fingerprint density at radius 3 is 2.18 bits per heavy atom. The van der Waals surface area contributed by atoms with Crippen LogP contribution in [0.2, 0.25) is 0 Å². The molecule has 2 aliphatic carbocycles. The molecule has 3 nitrogen and oxygen atoms in total. The van der Waals surface area contributed by atoms with Gasteiger partial charge in [0, 0.05) is 27.6 Å². The molecule has 3 aromatic heterocycles. The molecule has 1 fully saturated rings. The van der Waals surface area contributed by atoms with Crippen molar-refractivity contribution in [3.8, 4) is 22.5 Å². The number of benzene rings is 5. The number of aromatic nitrogens is 3. The fourth-order valence-electron chi connectivity index (χ4n) is 10.7. The molecule has 1 spiro atoms. The van der Waals surface area contributed by atoms with E-state index in [-0.39, 0.29) is 5.54 Å². The molecular formula is C42H30N3+. The first-order chi connectivity index (χ1) is 22.4. The van der Waals surface area contributed by atoms with Crippen molar-refractivity contribution in [2.24, 2.45) is 11.8 Å². The minimum atomic E-state index is -0.280. The van der Waals surface area contributed by atoms with Gasteiger partial charge in [-0.2, -0.15) is 4.57 Å². The van der Waals surface area contributed by atoms with Gasteiger partial charge < -0.3 is 4.57 Å². The fraction of sp³-hybridized carbons (Fsp3) is 0.167. The number of hydrogen-bond donors (Lipinski definition) is 0. The summed E-state index contributed by atoms with van der Waals surface area (Å²) in [7, 11) is 0. The average molecular weight is 577 g/mol. The third-order valence-electron chi connectivity index (χ3n) is 12.1. The predicted molar refractivity (Wildman–Crippen MR) is 181 cm³/mol. The van der Waals surface area contributed by atoms with Crippen LogP contribution in [-0.2, 0) is 12.0 Å². The lowest BCUT2D eigenvalue weighted by Crippen LogP contribution is -2.67. The Labute approximate surface area is 260 Å². The lowest BCUT2D eigenvalue weighted by Gasteiger charge is -2.50. The lowest BCUT2D eigenvalue weighted by atomic mass is 9.59. The maximum absolute atomic E-state index is 2.77. The zero-order valence-corrected chi connectivity index (χ0v) is 24.9. The summed E-state index contributed by atoms with van der Waals surface area (Å²) in [5.41, 5.74) is 15.2. The first-order valence-corrected chi connectivity index (χ1v) is 16.6. The Hall–Kier alpha value is -5.15. The zero-order valence-electron chi connectivity index (χ0n) is 24.9. The van der Waals surface area contributed by atoms with E-state index in [9.17, 15) is 0 Å². The van der Waals surface area contributed by atoms with Gasteiger partial charge in [-0.3, -0.25) is 0 Å². The van der Waals surface area contributed by atoms with Crippen molar-refractivity contribution >= 4 is 43.7 Å². The molecule has 5 heterocycles. The maximum atomic E-state index is 2.77.